The smallest absolute Gasteiger partial charge is 0.224 e. The third-order valence-electron chi connectivity index (χ3n) is 4.81. The van der Waals surface area contributed by atoms with Crippen LogP contribution in [0.15, 0.2) is 30.3 Å². The summed E-state index contributed by atoms with van der Waals surface area (Å²) in [4.78, 5) is 16.5. The lowest BCUT2D eigenvalue weighted by Crippen LogP contribution is -2.42. The molecular weight excluding hydrogens is 302 g/mol. The first kappa shape index (κ1) is 18.9. The number of carbonyl (C=O) groups excluding carboxylic acids is 1. The van der Waals surface area contributed by atoms with Crippen LogP contribution in [-0.2, 0) is 4.79 Å². The lowest BCUT2D eigenvalue weighted by molar-refractivity contribution is -0.131. The van der Waals surface area contributed by atoms with E-state index >= 15 is 0 Å². The van der Waals surface area contributed by atoms with Crippen molar-refractivity contribution in [1.82, 2.24) is 9.80 Å². The van der Waals surface area contributed by atoms with Crippen LogP contribution in [0, 0.1) is 5.92 Å². The summed E-state index contributed by atoms with van der Waals surface area (Å²) in [5.74, 6) is 0.648. The van der Waals surface area contributed by atoms with Gasteiger partial charge in [0.1, 0.15) is 0 Å². The molecule has 0 spiro atoms. The van der Waals surface area contributed by atoms with E-state index in [0.717, 1.165) is 44.6 Å². The van der Waals surface area contributed by atoms with Crippen molar-refractivity contribution in [3.8, 4) is 0 Å². The Bertz CT molecular complexity index is 499. The standard InChI is InChI=1S/C19H31N3O2/c1-15(23)13-22-10-8-16(9-11-22)14-21(2)19(24)12-18(20)17-6-4-3-5-7-17/h3-7,15-16,18,23H,8-14,20H2,1-2H3. The van der Waals surface area contributed by atoms with Gasteiger partial charge in [0.2, 0.25) is 5.91 Å². The maximum Gasteiger partial charge on any atom is 0.224 e. The van der Waals surface area contributed by atoms with Crippen molar-refractivity contribution in [2.24, 2.45) is 11.7 Å². The molecule has 134 valence electrons. The summed E-state index contributed by atoms with van der Waals surface area (Å²) in [5.41, 5.74) is 7.16. The molecule has 1 saturated heterocycles. The van der Waals surface area contributed by atoms with Gasteiger partial charge in [-0.1, -0.05) is 30.3 Å². The van der Waals surface area contributed by atoms with E-state index in [4.69, 9.17) is 5.73 Å². The van der Waals surface area contributed by atoms with Gasteiger partial charge in [0.05, 0.1) is 6.10 Å². The Morgan fingerprint density at radius 3 is 2.54 bits per heavy atom. The molecule has 1 aromatic carbocycles. The van der Waals surface area contributed by atoms with Crippen molar-refractivity contribution in [3.05, 3.63) is 35.9 Å². The zero-order valence-corrected chi connectivity index (χ0v) is 14.9. The third kappa shape index (κ3) is 5.89. The van der Waals surface area contributed by atoms with Gasteiger partial charge in [0.15, 0.2) is 0 Å². The molecule has 0 aliphatic carbocycles. The maximum absolute atomic E-state index is 12.4. The van der Waals surface area contributed by atoms with Gasteiger partial charge < -0.3 is 20.6 Å². The Balaban J connectivity index is 1.74. The fourth-order valence-electron chi connectivity index (χ4n) is 3.38. The molecule has 0 aromatic heterocycles. The lowest BCUT2D eigenvalue weighted by atomic mass is 9.95. The largest absolute Gasteiger partial charge is 0.392 e. The van der Waals surface area contributed by atoms with Crippen molar-refractivity contribution in [2.45, 2.75) is 38.3 Å². The topological polar surface area (TPSA) is 69.8 Å². The van der Waals surface area contributed by atoms with E-state index < -0.39 is 0 Å². The Morgan fingerprint density at radius 2 is 1.96 bits per heavy atom. The highest BCUT2D eigenvalue weighted by molar-refractivity contribution is 5.76. The molecule has 1 aromatic rings. The Hall–Kier alpha value is -1.43. The van der Waals surface area contributed by atoms with Crippen LogP contribution in [-0.4, -0.2) is 60.1 Å². The molecule has 0 bridgehead atoms. The predicted octanol–water partition coefficient (Wildman–Crippen LogP) is 1.63. The summed E-state index contributed by atoms with van der Waals surface area (Å²) in [5, 5.41) is 9.46. The fraction of sp³-hybridized carbons (Fsp3) is 0.632. The Labute approximate surface area is 145 Å². The SMILES string of the molecule is CC(O)CN1CCC(CN(C)C(=O)CC(N)c2ccccc2)CC1. The lowest BCUT2D eigenvalue weighted by Gasteiger charge is -2.34. The van der Waals surface area contributed by atoms with Gasteiger partial charge in [-0.2, -0.15) is 0 Å². The first-order chi connectivity index (χ1) is 11.5. The number of piperidine rings is 1. The number of β-amino-alcohol motifs (C(OH)–C–C–N with tert-alkyl or cyclic N) is 1. The molecule has 0 radical (unpaired) electrons. The number of rotatable bonds is 7. The van der Waals surface area contributed by atoms with Gasteiger partial charge in [-0.3, -0.25) is 4.79 Å². The third-order valence-corrected chi connectivity index (χ3v) is 4.81. The van der Waals surface area contributed by atoms with E-state index in [9.17, 15) is 9.90 Å². The summed E-state index contributed by atoms with van der Waals surface area (Å²) in [6.45, 7) is 5.37. The number of aliphatic hydroxyl groups is 1. The number of hydrogen-bond acceptors (Lipinski definition) is 4. The number of amides is 1. The van der Waals surface area contributed by atoms with Crippen molar-refractivity contribution in [1.29, 1.82) is 0 Å². The average molecular weight is 333 g/mol. The van der Waals surface area contributed by atoms with Gasteiger partial charge in [-0.25, -0.2) is 0 Å². The van der Waals surface area contributed by atoms with Crippen LogP contribution >= 0.6 is 0 Å². The molecule has 1 heterocycles. The summed E-state index contributed by atoms with van der Waals surface area (Å²) < 4.78 is 0. The van der Waals surface area contributed by atoms with Gasteiger partial charge in [-0.05, 0) is 44.3 Å². The number of nitrogens with two attached hydrogens (primary N) is 1. The average Bonchev–Trinajstić information content (AvgIpc) is 2.56. The van der Waals surface area contributed by atoms with E-state index in [1.54, 1.807) is 0 Å². The van der Waals surface area contributed by atoms with Gasteiger partial charge in [-0.15, -0.1) is 0 Å². The van der Waals surface area contributed by atoms with Gasteiger partial charge >= 0.3 is 0 Å². The first-order valence-corrected chi connectivity index (χ1v) is 8.90. The number of nitrogens with zero attached hydrogens (tertiary/aromatic N) is 2. The highest BCUT2D eigenvalue weighted by Gasteiger charge is 2.23. The number of likely N-dealkylation sites (tertiary alicyclic amines) is 1. The highest BCUT2D eigenvalue weighted by Crippen LogP contribution is 2.20. The van der Waals surface area contributed by atoms with Crippen LogP contribution in [0.3, 0.4) is 0 Å². The minimum Gasteiger partial charge on any atom is -0.392 e. The van der Waals surface area contributed by atoms with E-state index in [1.165, 1.54) is 0 Å². The van der Waals surface area contributed by atoms with Crippen LogP contribution in [0.2, 0.25) is 0 Å². The summed E-state index contributed by atoms with van der Waals surface area (Å²) in [7, 11) is 1.88. The Kier molecular flexibility index (Phi) is 7.21. The van der Waals surface area contributed by atoms with E-state index in [1.807, 2.05) is 49.2 Å². The van der Waals surface area contributed by atoms with Crippen LogP contribution in [0.4, 0.5) is 0 Å². The molecule has 1 aliphatic rings. The first-order valence-electron chi connectivity index (χ1n) is 8.90. The predicted molar refractivity (Wildman–Crippen MR) is 96.5 cm³/mol. The number of carbonyl (C=O) groups is 1. The molecule has 1 aliphatic heterocycles. The summed E-state index contributed by atoms with van der Waals surface area (Å²) >= 11 is 0. The normalized spacial score (nSPS) is 19.0. The van der Waals surface area contributed by atoms with Gasteiger partial charge in [0.25, 0.3) is 0 Å². The molecule has 2 unspecified atom stereocenters. The zero-order valence-electron chi connectivity index (χ0n) is 14.9. The second-order valence-corrected chi connectivity index (χ2v) is 7.09. The van der Waals surface area contributed by atoms with Crippen LogP contribution in [0.5, 0.6) is 0 Å². The number of benzene rings is 1. The number of aliphatic hydroxyl groups excluding tert-OH is 1. The van der Waals surface area contributed by atoms with Crippen molar-refractivity contribution in [2.75, 3.05) is 33.2 Å². The summed E-state index contributed by atoms with van der Waals surface area (Å²) in [6.07, 6.45) is 2.23. The number of hydrogen-bond donors (Lipinski definition) is 2. The van der Waals surface area contributed by atoms with Crippen molar-refractivity contribution >= 4 is 5.91 Å². The van der Waals surface area contributed by atoms with Crippen LogP contribution in [0.25, 0.3) is 0 Å². The molecule has 2 atom stereocenters. The quantitative estimate of drug-likeness (QED) is 0.796. The van der Waals surface area contributed by atoms with E-state index in [0.29, 0.717) is 12.3 Å². The minimum atomic E-state index is -0.273. The summed E-state index contributed by atoms with van der Waals surface area (Å²) in [6, 6.07) is 9.54. The van der Waals surface area contributed by atoms with Crippen molar-refractivity contribution in [3.63, 3.8) is 0 Å². The maximum atomic E-state index is 12.4. The molecule has 1 fully saturated rings. The minimum absolute atomic E-state index is 0.109. The second-order valence-electron chi connectivity index (χ2n) is 7.09. The molecule has 5 nitrogen and oxygen atoms in total. The zero-order chi connectivity index (χ0) is 17.5. The monoisotopic (exact) mass is 333 g/mol. The second kappa shape index (κ2) is 9.16. The fourth-order valence-corrected chi connectivity index (χ4v) is 3.38. The van der Waals surface area contributed by atoms with Crippen molar-refractivity contribution < 1.29 is 9.90 Å². The molecule has 2 rings (SSSR count). The van der Waals surface area contributed by atoms with Crippen LogP contribution in [0.1, 0.15) is 37.8 Å². The molecule has 5 heteroatoms. The molecule has 0 saturated carbocycles. The van der Waals surface area contributed by atoms with E-state index in [2.05, 4.69) is 4.90 Å². The van der Waals surface area contributed by atoms with Crippen LogP contribution < -0.4 is 5.73 Å². The molecule has 3 N–H and O–H groups in total. The van der Waals surface area contributed by atoms with Gasteiger partial charge in [0, 0.05) is 32.6 Å². The van der Waals surface area contributed by atoms with E-state index in [-0.39, 0.29) is 18.1 Å². The Morgan fingerprint density at radius 1 is 1.33 bits per heavy atom. The molecule has 24 heavy (non-hydrogen) atoms. The molecule has 1 amide bonds. The molecular formula is C19H31N3O2. The highest BCUT2D eigenvalue weighted by atomic mass is 16.3.